The predicted octanol–water partition coefficient (Wildman–Crippen LogP) is 12.6. The summed E-state index contributed by atoms with van der Waals surface area (Å²) in [6.45, 7) is 28.2. The summed E-state index contributed by atoms with van der Waals surface area (Å²) in [5.41, 5.74) is 12.8. The molecule has 5 heterocycles. The van der Waals surface area contributed by atoms with Gasteiger partial charge >= 0.3 is 0 Å². The van der Waals surface area contributed by atoms with E-state index in [1.54, 1.807) is 13.4 Å². The number of H-pyrrole nitrogens is 1. The molecule has 1 fully saturated rings. The molecule has 0 spiro atoms. The lowest BCUT2D eigenvalue weighted by molar-refractivity contribution is -0.136. The third-order valence-electron chi connectivity index (χ3n) is 17.9. The van der Waals surface area contributed by atoms with Gasteiger partial charge in [0.05, 0.1) is 76.6 Å². The summed E-state index contributed by atoms with van der Waals surface area (Å²) in [4.78, 5) is 33.1. The van der Waals surface area contributed by atoms with Crippen LogP contribution in [-0.2, 0) is 58.6 Å². The summed E-state index contributed by atoms with van der Waals surface area (Å²) in [6.07, 6.45) is 27.3. The molecule has 1 amide bonds. The molecule has 92 heavy (non-hydrogen) atoms. The zero-order chi connectivity index (χ0) is 65.8. The molecular weight excluding hydrogens is 1200 g/mol. The Kier molecular flexibility index (Phi) is 30.1. The van der Waals surface area contributed by atoms with E-state index < -0.39 is 5.60 Å². The maximum atomic E-state index is 13.3. The van der Waals surface area contributed by atoms with Gasteiger partial charge in [-0.1, -0.05) is 131 Å². The van der Waals surface area contributed by atoms with Crippen LogP contribution in [-0.4, -0.2) is 149 Å². The SMILES string of the molecule is C=C(CCCCCOCCOCCCCCCCCC(=C)NCCn1ccc(-c2cc(Cl)c(Cl)c3[nH]c4c(c23)CN(C(=C)CO)CC4)n1)NCCCNCc1ccc(-c2c(NC=NC)c(CC3(O)CCN(C(=O)CC(C)C4=CCC(C)C=C4)CC3)nn2C)cc1.C=O. The molecule has 502 valence electrons. The highest BCUT2D eigenvalue weighted by Gasteiger charge is 2.37. The maximum absolute atomic E-state index is 13.3. The van der Waals surface area contributed by atoms with E-state index in [2.05, 4.69) is 112 Å². The van der Waals surface area contributed by atoms with Gasteiger partial charge < -0.3 is 60.5 Å². The van der Waals surface area contributed by atoms with Crippen molar-refractivity contribution < 1.29 is 29.3 Å². The molecule has 5 aromatic rings. The molecule has 7 N–H and O–H groups in total. The lowest BCUT2D eigenvalue weighted by Crippen LogP contribution is -2.48. The van der Waals surface area contributed by atoms with Gasteiger partial charge in [-0.25, -0.2) is 0 Å². The number of piperidine rings is 1. The molecule has 3 aliphatic rings. The number of aromatic nitrogens is 5. The fraction of sp³-hybridized carbons (Fsp3) is 0.542. The molecule has 0 radical (unpaired) electrons. The second-order valence-electron chi connectivity index (χ2n) is 25.1. The van der Waals surface area contributed by atoms with Crippen LogP contribution in [0.1, 0.15) is 139 Å². The Morgan fingerprint density at radius 3 is 2.23 bits per heavy atom. The highest BCUT2D eigenvalue weighted by Crippen LogP contribution is 2.43. The molecule has 0 bridgehead atoms. The fourth-order valence-electron chi connectivity index (χ4n) is 12.4. The number of halogens is 2. The number of anilines is 1. The second kappa shape index (κ2) is 38.0. The first-order valence-corrected chi connectivity index (χ1v) is 34.2. The molecule has 1 saturated heterocycles. The number of fused-ring (bicyclic) bond motifs is 3. The highest BCUT2D eigenvalue weighted by molar-refractivity contribution is 6.45. The summed E-state index contributed by atoms with van der Waals surface area (Å²) in [5, 5.41) is 47.4. The molecule has 2 aromatic carbocycles. The normalized spacial score (nSPS) is 15.7. The molecule has 2 aliphatic heterocycles. The fourth-order valence-corrected chi connectivity index (χ4v) is 12.8. The largest absolute Gasteiger partial charge is 0.390 e. The van der Waals surface area contributed by atoms with Gasteiger partial charge in [0, 0.05) is 143 Å². The van der Waals surface area contributed by atoms with Gasteiger partial charge in [-0.2, -0.15) is 10.2 Å². The molecule has 2 unspecified atom stereocenters. The van der Waals surface area contributed by atoms with Crippen LogP contribution in [0.25, 0.3) is 33.4 Å². The number of allylic oxidation sites excluding steroid dienone is 6. The number of rotatable bonds is 40. The number of aromatic amines is 1. The topological polar surface area (TPSA) is 211 Å². The van der Waals surface area contributed by atoms with Gasteiger partial charge in [0.2, 0.25) is 5.91 Å². The Morgan fingerprint density at radius 2 is 1.55 bits per heavy atom. The summed E-state index contributed by atoms with van der Waals surface area (Å²) < 4.78 is 15.5. The minimum absolute atomic E-state index is 0.0730. The molecule has 18 nitrogen and oxygen atoms in total. The van der Waals surface area contributed by atoms with Crippen LogP contribution in [0.5, 0.6) is 0 Å². The summed E-state index contributed by atoms with van der Waals surface area (Å²) in [6, 6.07) is 12.5. The number of nitrogens with zero attached hydrogens (tertiary/aromatic N) is 7. The number of ether oxygens (including phenoxy) is 2. The highest BCUT2D eigenvalue weighted by atomic mass is 35.5. The van der Waals surface area contributed by atoms with Crippen molar-refractivity contribution in [1.82, 2.24) is 50.3 Å². The van der Waals surface area contributed by atoms with Crippen molar-refractivity contribution in [3.63, 3.8) is 0 Å². The molecule has 2 atom stereocenters. The van der Waals surface area contributed by atoms with Crippen molar-refractivity contribution in [3.05, 3.63) is 136 Å². The number of aryl methyl sites for hydroxylation is 1. The van der Waals surface area contributed by atoms with E-state index in [-0.39, 0.29) is 18.4 Å². The van der Waals surface area contributed by atoms with Gasteiger partial charge in [0.25, 0.3) is 0 Å². The number of aliphatic hydroxyl groups excluding tert-OH is 1. The number of unbranched alkanes of at least 4 members (excludes halogenated alkanes) is 7. The number of aliphatic hydroxyl groups is 2. The molecule has 3 aromatic heterocycles. The van der Waals surface area contributed by atoms with Gasteiger partial charge in [-0.05, 0) is 106 Å². The summed E-state index contributed by atoms with van der Waals surface area (Å²) in [5.74, 6) is 0.886. The maximum Gasteiger partial charge on any atom is 0.223 e. The van der Waals surface area contributed by atoms with Crippen LogP contribution >= 0.6 is 23.2 Å². The average molecular weight is 1300 g/mol. The van der Waals surface area contributed by atoms with E-state index >= 15 is 0 Å². The minimum Gasteiger partial charge on any atom is -0.390 e. The Bertz CT molecular complexity index is 3250. The Hall–Kier alpha value is -6.51. The van der Waals surface area contributed by atoms with Crippen molar-refractivity contribution in [2.45, 2.75) is 155 Å². The van der Waals surface area contributed by atoms with E-state index in [4.69, 9.17) is 47.7 Å². The lowest BCUT2D eigenvalue weighted by Gasteiger charge is -2.38. The molecular formula is C72H104Cl2N12O6. The number of hydrogen-bond acceptors (Lipinski definition) is 13. The molecule has 1 aliphatic carbocycles. The van der Waals surface area contributed by atoms with Crippen LogP contribution in [0.2, 0.25) is 10.0 Å². The summed E-state index contributed by atoms with van der Waals surface area (Å²) >= 11 is 13.3. The van der Waals surface area contributed by atoms with Crippen molar-refractivity contribution in [3.8, 4) is 22.5 Å². The zero-order valence-electron chi connectivity index (χ0n) is 55.4. The third-order valence-corrected chi connectivity index (χ3v) is 18.7. The molecule has 20 heteroatoms. The summed E-state index contributed by atoms with van der Waals surface area (Å²) in [7, 11) is 3.67. The standard InChI is InChI=1S/C71H102Cl2N12O5.CH2O/c1-51-20-24-57(25-21-51)52(2)44-65(87)83-37-30-71(88,31-38-83)46-64-68(78-50-74-6)70(82(7)80-64)58-26-22-56(23-27-58)47-75-32-17-33-76-53(3)19-14-12-16-41-90-43-42-89-40-15-11-9-8-10-13-18-54(4)77-34-39-85-36-29-63(81-85)59-45-61(72)67(73)69-66(59)60-48-84(55(5)49-86)35-28-62(60)79-69;1-2/h20,22-27,29,36,45,50-52,75-77,79,86,88H,3-5,8-19,21,28,30-35,37-44,46-49H2,1-2,6-7H3,(H,74,78);1H2. The Labute approximate surface area is 557 Å². The smallest absolute Gasteiger partial charge is 0.223 e. The van der Waals surface area contributed by atoms with Gasteiger partial charge in [0.1, 0.15) is 6.79 Å². The van der Waals surface area contributed by atoms with Crippen LogP contribution in [0.4, 0.5) is 5.69 Å². The van der Waals surface area contributed by atoms with Crippen molar-refractivity contribution in [2.75, 3.05) is 84.7 Å². The lowest BCUT2D eigenvalue weighted by atomic mass is 9.85. The first kappa shape index (κ1) is 72.9. The van der Waals surface area contributed by atoms with Crippen LogP contribution in [0.3, 0.4) is 0 Å². The number of nitrogens with one attached hydrogen (secondary N) is 5. The molecule has 0 saturated carbocycles. The number of benzene rings is 2. The monoisotopic (exact) mass is 1300 g/mol. The van der Waals surface area contributed by atoms with E-state index in [1.165, 1.54) is 36.8 Å². The van der Waals surface area contributed by atoms with Crippen LogP contribution in [0.15, 0.2) is 108 Å². The number of carbonyl (C=O) groups excluding carboxylic acids is 2. The van der Waals surface area contributed by atoms with Crippen molar-refractivity contribution in [2.24, 2.45) is 23.9 Å². The van der Waals surface area contributed by atoms with Crippen molar-refractivity contribution in [1.29, 1.82) is 0 Å². The van der Waals surface area contributed by atoms with E-state index in [0.717, 1.165) is 178 Å². The van der Waals surface area contributed by atoms with Gasteiger partial charge in [0.15, 0.2) is 0 Å². The predicted molar refractivity (Wildman–Crippen MR) is 376 cm³/mol. The Balaban J connectivity index is 0.00000594. The first-order valence-electron chi connectivity index (χ1n) is 33.4. The zero-order valence-corrected chi connectivity index (χ0v) is 56.9. The van der Waals surface area contributed by atoms with Gasteiger partial charge in [-0.15, -0.1) is 0 Å². The quantitative estimate of drug-likeness (QED) is 0.0111. The van der Waals surface area contributed by atoms with E-state index in [1.807, 2.05) is 46.4 Å². The number of carbonyl (C=O) groups is 2. The second-order valence-corrected chi connectivity index (χ2v) is 25.9. The van der Waals surface area contributed by atoms with Crippen LogP contribution < -0.4 is 21.3 Å². The first-order chi connectivity index (χ1) is 44.6. The van der Waals surface area contributed by atoms with Crippen molar-refractivity contribution >= 4 is 58.8 Å². The van der Waals surface area contributed by atoms with E-state index in [9.17, 15) is 15.0 Å². The number of aliphatic imine (C=N–C) groups is 1. The number of hydrogen-bond donors (Lipinski definition) is 7. The minimum atomic E-state index is -0.964. The van der Waals surface area contributed by atoms with E-state index in [0.29, 0.717) is 86.7 Å². The Morgan fingerprint density at radius 1 is 0.880 bits per heavy atom. The number of likely N-dealkylation sites (tertiary alicyclic amines) is 1. The number of amides is 1. The van der Waals surface area contributed by atoms with Gasteiger partial charge in [-0.3, -0.25) is 19.2 Å². The molecule has 8 rings (SSSR count). The third kappa shape index (κ3) is 21.8. The van der Waals surface area contributed by atoms with Crippen LogP contribution in [0, 0.1) is 11.8 Å². The average Bonchev–Trinajstić information content (AvgIpc) is 1.62.